The van der Waals surface area contributed by atoms with Crippen LogP contribution in [-0.4, -0.2) is 23.1 Å². The van der Waals surface area contributed by atoms with Crippen molar-refractivity contribution >= 4 is 5.78 Å². The van der Waals surface area contributed by atoms with E-state index in [2.05, 4.69) is 25.6 Å². The van der Waals surface area contributed by atoms with Crippen LogP contribution in [0, 0.1) is 17.3 Å². The number of allylic oxidation sites excluding steroid dienone is 4. The highest BCUT2D eigenvalue weighted by atomic mass is 16.5. The number of phenols is 1. The number of benzene rings is 1. The van der Waals surface area contributed by atoms with Crippen molar-refractivity contribution in [3.63, 3.8) is 0 Å². The number of ether oxygens (including phenoxy) is 1. The first-order chi connectivity index (χ1) is 14.9. The fraction of sp³-hybridized carbons (Fsp3) is 0.536. The first-order valence-corrected chi connectivity index (χ1v) is 12.0. The topological polar surface area (TPSA) is 46.5 Å². The van der Waals surface area contributed by atoms with Gasteiger partial charge < -0.3 is 9.84 Å². The van der Waals surface area contributed by atoms with Gasteiger partial charge in [-0.25, -0.2) is 0 Å². The largest absolute Gasteiger partial charge is 0.508 e. The van der Waals surface area contributed by atoms with E-state index in [1.807, 2.05) is 18.2 Å². The minimum Gasteiger partial charge on any atom is -0.508 e. The standard InChI is InChI=1S/C28H32O3/c1-17-12-14-31-28(17)13-11-25-23-9-5-19-15-21(30)8-10-22(19)26(23)24(16-27(25,28)2)18-3-6-20(29)7-4-18/h3-4,6-7,15,23-25,29H,1,5,8-14,16H2,2H3/t23-,24+,25-,27-,28-/m0/s1. The Morgan fingerprint density at radius 1 is 1.10 bits per heavy atom. The summed E-state index contributed by atoms with van der Waals surface area (Å²) in [5.41, 5.74) is 6.85. The number of ketones is 1. The van der Waals surface area contributed by atoms with Gasteiger partial charge in [0.2, 0.25) is 0 Å². The van der Waals surface area contributed by atoms with Crippen LogP contribution in [0.25, 0.3) is 0 Å². The molecular formula is C28H32O3. The molecule has 0 aromatic heterocycles. The summed E-state index contributed by atoms with van der Waals surface area (Å²) in [4.78, 5) is 12.2. The van der Waals surface area contributed by atoms with Crippen LogP contribution in [0.5, 0.6) is 5.75 Å². The van der Waals surface area contributed by atoms with E-state index in [9.17, 15) is 9.90 Å². The fourth-order valence-electron chi connectivity index (χ4n) is 8.12. The molecule has 0 radical (unpaired) electrons. The Balaban J connectivity index is 1.53. The molecule has 2 saturated carbocycles. The lowest BCUT2D eigenvalue weighted by atomic mass is 9.50. The lowest BCUT2D eigenvalue weighted by Crippen LogP contribution is -2.52. The highest BCUT2D eigenvalue weighted by Gasteiger charge is 2.65. The fourth-order valence-corrected chi connectivity index (χ4v) is 8.12. The number of rotatable bonds is 1. The number of carbonyl (C=O) groups excluding carboxylic acids is 1. The highest BCUT2D eigenvalue weighted by molar-refractivity contribution is 5.93. The molecule has 5 aliphatic rings. The zero-order chi connectivity index (χ0) is 21.4. The van der Waals surface area contributed by atoms with Crippen molar-refractivity contribution in [3.8, 4) is 5.75 Å². The minimum absolute atomic E-state index is 0.0730. The van der Waals surface area contributed by atoms with Crippen LogP contribution < -0.4 is 0 Å². The summed E-state index contributed by atoms with van der Waals surface area (Å²) in [6, 6.07) is 7.85. The second-order valence-corrected chi connectivity index (χ2v) is 10.7. The normalized spacial score (nSPS) is 39.4. The number of aromatic hydroxyl groups is 1. The Hall–Kier alpha value is -2.13. The lowest BCUT2D eigenvalue weighted by Gasteiger charge is -2.55. The molecule has 1 aromatic rings. The van der Waals surface area contributed by atoms with E-state index in [0.29, 0.717) is 29.9 Å². The third-order valence-electron chi connectivity index (χ3n) is 9.47. The third-order valence-corrected chi connectivity index (χ3v) is 9.47. The maximum absolute atomic E-state index is 12.2. The molecule has 3 heteroatoms. The van der Waals surface area contributed by atoms with Crippen molar-refractivity contribution in [2.24, 2.45) is 17.3 Å². The van der Waals surface area contributed by atoms with Crippen molar-refractivity contribution in [3.05, 3.63) is 64.8 Å². The average molecular weight is 417 g/mol. The Kier molecular flexibility index (Phi) is 4.21. The Morgan fingerprint density at radius 2 is 1.90 bits per heavy atom. The maximum atomic E-state index is 12.2. The summed E-state index contributed by atoms with van der Waals surface area (Å²) in [6.45, 7) is 7.78. The molecule has 1 aromatic carbocycles. The van der Waals surface area contributed by atoms with Crippen LogP contribution in [-0.2, 0) is 9.53 Å². The molecule has 1 spiro atoms. The first-order valence-electron chi connectivity index (χ1n) is 12.0. The Morgan fingerprint density at radius 3 is 2.65 bits per heavy atom. The van der Waals surface area contributed by atoms with E-state index < -0.39 is 0 Å². The molecule has 1 N–H and O–H groups in total. The summed E-state index contributed by atoms with van der Waals surface area (Å²) in [5, 5.41) is 9.92. The highest BCUT2D eigenvalue weighted by Crippen LogP contribution is 2.70. The Labute approximate surface area is 184 Å². The zero-order valence-corrected chi connectivity index (χ0v) is 18.5. The third kappa shape index (κ3) is 2.59. The molecule has 6 rings (SSSR count). The van der Waals surface area contributed by atoms with E-state index >= 15 is 0 Å². The van der Waals surface area contributed by atoms with Gasteiger partial charge in [-0.05, 0) is 97.3 Å². The second kappa shape index (κ2) is 6.68. The predicted molar refractivity (Wildman–Crippen MR) is 121 cm³/mol. The van der Waals surface area contributed by atoms with E-state index in [1.165, 1.54) is 28.7 Å². The SMILES string of the molecule is C=C1CCO[C@@]12CC[C@H]1[C@@H]3CCC4=CC(=O)CCC4=C3[C@@H](c3ccc(O)cc3)C[C@@]12C. The van der Waals surface area contributed by atoms with Gasteiger partial charge in [-0.15, -0.1) is 0 Å². The number of hydrogen-bond acceptors (Lipinski definition) is 3. The van der Waals surface area contributed by atoms with E-state index in [0.717, 1.165) is 45.1 Å². The molecule has 1 aliphatic heterocycles. The summed E-state index contributed by atoms with van der Waals surface area (Å²) in [6.07, 6.45) is 9.97. The molecule has 3 nitrogen and oxygen atoms in total. The van der Waals surface area contributed by atoms with Crippen molar-refractivity contribution in [2.45, 2.75) is 69.8 Å². The van der Waals surface area contributed by atoms with Gasteiger partial charge in [-0.2, -0.15) is 0 Å². The van der Waals surface area contributed by atoms with Crippen molar-refractivity contribution < 1.29 is 14.6 Å². The first kappa shape index (κ1) is 19.5. The summed E-state index contributed by atoms with van der Waals surface area (Å²) in [5.74, 6) is 2.07. The molecular weight excluding hydrogens is 384 g/mol. The predicted octanol–water partition coefficient (Wildman–Crippen LogP) is 6.01. The molecule has 0 bridgehead atoms. The molecule has 162 valence electrons. The van der Waals surface area contributed by atoms with Gasteiger partial charge in [0.05, 0.1) is 12.2 Å². The van der Waals surface area contributed by atoms with Crippen LogP contribution in [0.3, 0.4) is 0 Å². The molecule has 3 fully saturated rings. The van der Waals surface area contributed by atoms with E-state index in [-0.39, 0.29) is 16.8 Å². The number of fused-ring (bicyclic) bond motifs is 5. The van der Waals surface area contributed by atoms with E-state index in [4.69, 9.17) is 4.74 Å². The maximum Gasteiger partial charge on any atom is 0.156 e. The summed E-state index contributed by atoms with van der Waals surface area (Å²) in [7, 11) is 0. The van der Waals surface area contributed by atoms with E-state index in [1.54, 1.807) is 5.57 Å². The van der Waals surface area contributed by atoms with Crippen molar-refractivity contribution in [1.82, 2.24) is 0 Å². The van der Waals surface area contributed by atoms with Gasteiger partial charge in [0.15, 0.2) is 5.78 Å². The van der Waals surface area contributed by atoms with Crippen LogP contribution in [0.4, 0.5) is 0 Å². The van der Waals surface area contributed by atoms with Crippen LogP contribution in [0.15, 0.2) is 59.2 Å². The van der Waals surface area contributed by atoms with Crippen LogP contribution in [0.1, 0.15) is 69.8 Å². The number of phenolic OH excluding ortho intramolecular Hbond substituents is 1. The average Bonchev–Trinajstić information content (AvgIpc) is 3.28. The van der Waals surface area contributed by atoms with Crippen LogP contribution in [0.2, 0.25) is 0 Å². The number of hydrogen-bond donors (Lipinski definition) is 1. The smallest absolute Gasteiger partial charge is 0.156 e. The van der Waals surface area contributed by atoms with Crippen LogP contribution >= 0.6 is 0 Å². The second-order valence-electron chi connectivity index (χ2n) is 10.7. The van der Waals surface area contributed by atoms with Gasteiger partial charge in [-0.3, -0.25) is 4.79 Å². The van der Waals surface area contributed by atoms with Crippen molar-refractivity contribution in [1.29, 1.82) is 0 Å². The van der Waals surface area contributed by atoms with Gasteiger partial charge in [0.1, 0.15) is 5.75 Å². The van der Waals surface area contributed by atoms with Gasteiger partial charge in [0.25, 0.3) is 0 Å². The van der Waals surface area contributed by atoms with Crippen molar-refractivity contribution in [2.75, 3.05) is 6.61 Å². The molecule has 5 atom stereocenters. The molecule has 4 aliphatic carbocycles. The lowest BCUT2D eigenvalue weighted by molar-refractivity contribution is -0.114. The van der Waals surface area contributed by atoms with Gasteiger partial charge in [0, 0.05) is 17.8 Å². The molecule has 1 heterocycles. The Bertz CT molecular complexity index is 1030. The van der Waals surface area contributed by atoms with Gasteiger partial charge >= 0.3 is 0 Å². The van der Waals surface area contributed by atoms with Gasteiger partial charge in [-0.1, -0.05) is 31.2 Å². The molecule has 0 unspecified atom stereocenters. The number of carbonyl (C=O) groups is 1. The monoisotopic (exact) mass is 416 g/mol. The molecule has 0 amide bonds. The molecule has 1 saturated heterocycles. The summed E-state index contributed by atoms with van der Waals surface area (Å²) >= 11 is 0. The minimum atomic E-state index is -0.179. The quantitative estimate of drug-likeness (QED) is 0.571. The molecule has 31 heavy (non-hydrogen) atoms. The summed E-state index contributed by atoms with van der Waals surface area (Å²) < 4.78 is 6.58. The zero-order valence-electron chi connectivity index (χ0n) is 18.5.